The summed E-state index contributed by atoms with van der Waals surface area (Å²) >= 11 is 6.19. The van der Waals surface area contributed by atoms with Crippen molar-refractivity contribution >= 4 is 28.7 Å². The van der Waals surface area contributed by atoms with Crippen molar-refractivity contribution in [2.45, 2.75) is 0 Å². The predicted octanol–water partition coefficient (Wildman–Crippen LogP) is 3.98. The molecule has 2 aliphatic heterocycles. The maximum absolute atomic E-state index is 11.9. The largest absolute Gasteiger partial charge is 0.458 e. The van der Waals surface area contributed by atoms with Gasteiger partial charge in [-0.1, -0.05) is 23.7 Å². The van der Waals surface area contributed by atoms with Gasteiger partial charge in [-0.15, -0.1) is 0 Å². The Morgan fingerprint density at radius 3 is 2.41 bits per heavy atom. The van der Waals surface area contributed by atoms with E-state index in [0.29, 0.717) is 22.8 Å². The summed E-state index contributed by atoms with van der Waals surface area (Å²) in [6.07, 6.45) is 4.80. The lowest BCUT2D eigenvalue weighted by atomic mass is 10.2. The fourth-order valence-electron chi connectivity index (χ4n) is 2.60. The van der Waals surface area contributed by atoms with Crippen LogP contribution in [-0.2, 0) is 9.53 Å². The molecule has 0 saturated carbocycles. The molecule has 4 rings (SSSR count). The molecule has 0 atom stereocenters. The molecule has 0 N–H and O–H groups in total. The lowest BCUT2D eigenvalue weighted by Gasteiger charge is -2.02. The van der Waals surface area contributed by atoms with Crippen LogP contribution in [0.4, 0.5) is 0 Å². The van der Waals surface area contributed by atoms with Crippen molar-refractivity contribution in [1.82, 2.24) is 0 Å². The Kier molecular flexibility index (Phi) is 4.89. The number of hydrogen-bond donors (Lipinski definition) is 0. The summed E-state index contributed by atoms with van der Waals surface area (Å²) in [6, 6.07) is 10.8. The van der Waals surface area contributed by atoms with Crippen LogP contribution in [0.3, 0.4) is 0 Å². The van der Waals surface area contributed by atoms with Crippen LogP contribution in [0.1, 0.15) is 11.1 Å². The third kappa shape index (κ3) is 4.01. The van der Waals surface area contributed by atoms with Gasteiger partial charge in [0.15, 0.2) is 23.0 Å². The minimum Gasteiger partial charge on any atom is -0.458 e. The van der Waals surface area contributed by atoms with Crippen molar-refractivity contribution in [2.75, 3.05) is 20.2 Å². The van der Waals surface area contributed by atoms with Crippen molar-refractivity contribution in [3.8, 4) is 23.0 Å². The van der Waals surface area contributed by atoms with Crippen LogP contribution in [0, 0.1) is 0 Å². The van der Waals surface area contributed by atoms with E-state index in [0.717, 1.165) is 11.3 Å². The maximum atomic E-state index is 11.9. The Bertz CT molecular complexity index is 934. The molecule has 0 bridgehead atoms. The van der Waals surface area contributed by atoms with E-state index < -0.39 is 5.97 Å². The van der Waals surface area contributed by atoms with E-state index in [2.05, 4.69) is 0 Å². The lowest BCUT2D eigenvalue weighted by molar-refractivity contribution is -0.136. The minimum atomic E-state index is -0.534. The highest BCUT2D eigenvalue weighted by Crippen LogP contribution is 2.35. The van der Waals surface area contributed by atoms with E-state index in [1.165, 1.54) is 6.08 Å². The van der Waals surface area contributed by atoms with Gasteiger partial charge in [-0.3, -0.25) is 0 Å². The molecule has 2 aliphatic rings. The number of halogens is 1. The average molecular weight is 387 g/mol. The van der Waals surface area contributed by atoms with Crippen LogP contribution in [-0.4, -0.2) is 26.2 Å². The number of carbonyl (C=O) groups excluding carboxylic acids is 1. The van der Waals surface area contributed by atoms with Gasteiger partial charge in [0.2, 0.25) is 13.6 Å². The van der Waals surface area contributed by atoms with Crippen LogP contribution >= 0.6 is 11.6 Å². The molecule has 2 aromatic carbocycles. The van der Waals surface area contributed by atoms with Crippen LogP contribution in [0.5, 0.6) is 23.0 Å². The Labute approximate surface area is 160 Å². The first-order valence-corrected chi connectivity index (χ1v) is 8.57. The maximum Gasteiger partial charge on any atom is 0.332 e. The number of rotatable bonds is 5. The fraction of sp³-hybridized carbons (Fsp3) is 0.150. The molecule has 0 unspecified atom stereocenters. The molecule has 0 aliphatic carbocycles. The molecule has 138 valence electrons. The number of hydrogen-bond acceptors (Lipinski definition) is 6. The Balaban J connectivity index is 1.32. The predicted molar refractivity (Wildman–Crippen MR) is 99.0 cm³/mol. The van der Waals surface area contributed by atoms with E-state index in [1.54, 1.807) is 24.3 Å². The van der Waals surface area contributed by atoms with Gasteiger partial charge in [0, 0.05) is 6.08 Å². The smallest absolute Gasteiger partial charge is 0.332 e. The normalized spacial score (nSPS) is 14.6. The molecule has 0 aromatic heterocycles. The summed E-state index contributed by atoms with van der Waals surface area (Å²) in [5.74, 6) is 2.14. The Hall–Kier alpha value is -3.12. The second-order valence-corrected chi connectivity index (χ2v) is 6.11. The highest BCUT2D eigenvalue weighted by Gasteiger charge is 2.15. The molecule has 0 amide bonds. The molecule has 7 heteroatoms. The number of esters is 1. The van der Waals surface area contributed by atoms with Gasteiger partial charge in [-0.25, -0.2) is 4.79 Å². The summed E-state index contributed by atoms with van der Waals surface area (Å²) in [5.41, 5.74) is 1.57. The van der Waals surface area contributed by atoms with Crippen molar-refractivity contribution in [3.63, 3.8) is 0 Å². The zero-order valence-corrected chi connectivity index (χ0v) is 14.9. The number of fused-ring (bicyclic) bond motifs is 2. The van der Waals surface area contributed by atoms with Crippen LogP contribution in [0.25, 0.3) is 11.1 Å². The van der Waals surface area contributed by atoms with Gasteiger partial charge >= 0.3 is 5.97 Å². The minimum absolute atomic E-state index is 0.120. The molecule has 0 radical (unpaired) electrons. The summed E-state index contributed by atoms with van der Waals surface area (Å²) in [6.45, 7) is 0.531. The molecule has 6 nitrogen and oxygen atoms in total. The van der Waals surface area contributed by atoms with Gasteiger partial charge in [0.1, 0.15) is 6.61 Å². The van der Waals surface area contributed by atoms with Crippen LogP contribution < -0.4 is 18.9 Å². The SMILES string of the molecule is O=C(C=C(Cl)c1ccc2c(c1)OCO2)OCC=Cc1ccc2c(c1)OCO2. The summed E-state index contributed by atoms with van der Waals surface area (Å²) in [4.78, 5) is 11.9. The molecule has 2 heterocycles. The fourth-order valence-corrected chi connectivity index (χ4v) is 2.81. The second kappa shape index (κ2) is 7.63. The van der Waals surface area contributed by atoms with Gasteiger partial charge in [-0.05, 0) is 47.5 Å². The molecule has 0 saturated heterocycles. The first-order chi connectivity index (χ1) is 13.2. The molecule has 2 aromatic rings. The zero-order valence-electron chi connectivity index (χ0n) is 14.1. The van der Waals surface area contributed by atoms with Gasteiger partial charge in [0.05, 0.1) is 5.03 Å². The average Bonchev–Trinajstić information content (AvgIpc) is 3.33. The standard InChI is InChI=1S/C20H15ClO6/c21-15(14-4-6-17-19(9-14)27-12-25-17)10-20(22)23-7-1-2-13-3-5-16-18(8-13)26-11-24-16/h1-6,8-10H,7,11-12H2. The summed E-state index contributed by atoms with van der Waals surface area (Å²) < 4.78 is 26.3. The van der Waals surface area contributed by atoms with E-state index in [-0.39, 0.29) is 25.2 Å². The van der Waals surface area contributed by atoms with Gasteiger partial charge in [-0.2, -0.15) is 0 Å². The van der Waals surface area contributed by atoms with Crippen molar-refractivity contribution in [1.29, 1.82) is 0 Å². The number of ether oxygens (including phenoxy) is 5. The van der Waals surface area contributed by atoms with E-state index in [9.17, 15) is 4.79 Å². The zero-order chi connectivity index (χ0) is 18.6. The number of carbonyl (C=O) groups is 1. The van der Waals surface area contributed by atoms with Gasteiger partial charge in [0.25, 0.3) is 0 Å². The highest BCUT2D eigenvalue weighted by atomic mass is 35.5. The molecule has 0 fully saturated rings. The van der Waals surface area contributed by atoms with E-state index in [4.69, 9.17) is 35.3 Å². The monoisotopic (exact) mass is 386 g/mol. The first kappa shape index (κ1) is 17.3. The van der Waals surface area contributed by atoms with Crippen LogP contribution in [0.15, 0.2) is 48.6 Å². The van der Waals surface area contributed by atoms with Crippen molar-refractivity contribution in [3.05, 3.63) is 59.7 Å². The highest BCUT2D eigenvalue weighted by molar-refractivity contribution is 6.50. The molecular formula is C20H15ClO6. The third-order valence-electron chi connectivity index (χ3n) is 3.92. The second-order valence-electron chi connectivity index (χ2n) is 5.71. The lowest BCUT2D eigenvalue weighted by Crippen LogP contribution is -2.00. The quantitative estimate of drug-likeness (QED) is 0.572. The molecule has 0 spiro atoms. The Morgan fingerprint density at radius 2 is 1.63 bits per heavy atom. The number of benzene rings is 2. The van der Waals surface area contributed by atoms with Gasteiger partial charge < -0.3 is 23.7 Å². The summed E-state index contributed by atoms with van der Waals surface area (Å²) in [5, 5.41) is 0.262. The van der Waals surface area contributed by atoms with Crippen molar-refractivity contribution in [2.24, 2.45) is 0 Å². The third-order valence-corrected chi connectivity index (χ3v) is 4.25. The van der Waals surface area contributed by atoms with Crippen molar-refractivity contribution < 1.29 is 28.5 Å². The molecular weight excluding hydrogens is 372 g/mol. The van der Waals surface area contributed by atoms with Crippen LogP contribution in [0.2, 0.25) is 0 Å². The first-order valence-electron chi connectivity index (χ1n) is 8.19. The van der Waals surface area contributed by atoms with E-state index >= 15 is 0 Å². The van der Waals surface area contributed by atoms with E-state index in [1.807, 2.05) is 24.3 Å². The Morgan fingerprint density at radius 1 is 0.963 bits per heavy atom. The molecule has 27 heavy (non-hydrogen) atoms. The topological polar surface area (TPSA) is 63.2 Å². The summed E-state index contributed by atoms with van der Waals surface area (Å²) in [7, 11) is 0.